The van der Waals surface area contributed by atoms with Crippen molar-refractivity contribution in [2.24, 2.45) is 5.92 Å². The van der Waals surface area contributed by atoms with E-state index in [0.717, 1.165) is 37.4 Å². The quantitative estimate of drug-likeness (QED) is 0.798. The SMILES string of the molecule is CCN(C)C(=O)c1ccc(C2(c3cccc(O)c3)CCCN(CC3CC3)C2)cc1. The predicted molar refractivity (Wildman–Crippen MR) is 116 cm³/mol. The first-order chi connectivity index (χ1) is 14.0. The predicted octanol–water partition coefficient (Wildman–Crippen LogP) is 4.28. The molecule has 0 spiro atoms. The van der Waals surface area contributed by atoms with E-state index in [4.69, 9.17) is 0 Å². The summed E-state index contributed by atoms with van der Waals surface area (Å²) in [7, 11) is 1.83. The molecule has 0 aromatic heterocycles. The van der Waals surface area contributed by atoms with Gasteiger partial charge in [0.15, 0.2) is 0 Å². The molecule has 154 valence electrons. The van der Waals surface area contributed by atoms with Gasteiger partial charge in [0.05, 0.1) is 0 Å². The highest BCUT2D eigenvalue weighted by atomic mass is 16.3. The maximum atomic E-state index is 12.5. The Hall–Kier alpha value is -2.33. The first-order valence-corrected chi connectivity index (χ1v) is 10.9. The van der Waals surface area contributed by atoms with Gasteiger partial charge in [0, 0.05) is 37.7 Å². The second-order valence-corrected chi connectivity index (χ2v) is 8.81. The number of aromatic hydroxyl groups is 1. The van der Waals surface area contributed by atoms with E-state index in [1.807, 2.05) is 38.2 Å². The van der Waals surface area contributed by atoms with Crippen LogP contribution in [0.15, 0.2) is 48.5 Å². The van der Waals surface area contributed by atoms with E-state index < -0.39 is 0 Å². The summed E-state index contributed by atoms with van der Waals surface area (Å²) in [5.41, 5.74) is 2.99. The van der Waals surface area contributed by atoms with Crippen LogP contribution in [0.25, 0.3) is 0 Å². The first kappa shape index (κ1) is 20.0. The molecule has 0 radical (unpaired) electrons. The third kappa shape index (κ3) is 4.18. The second kappa shape index (κ2) is 8.19. The van der Waals surface area contributed by atoms with Crippen molar-refractivity contribution in [2.75, 3.05) is 33.2 Å². The monoisotopic (exact) mass is 392 g/mol. The third-order valence-electron chi connectivity index (χ3n) is 6.69. The molecule has 4 rings (SSSR count). The highest BCUT2D eigenvalue weighted by Crippen LogP contribution is 2.42. The van der Waals surface area contributed by atoms with Crippen LogP contribution in [0.5, 0.6) is 5.75 Å². The fourth-order valence-electron chi connectivity index (χ4n) is 4.70. The maximum absolute atomic E-state index is 12.5. The molecule has 1 aliphatic heterocycles. The van der Waals surface area contributed by atoms with Crippen molar-refractivity contribution in [1.82, 2.24) is 9.80 Å². The molecule has 1 saturated carbocycles. The number of carbonyl (C=O) groups excluding carboxylic acids is 1. The minimum atomic E-state index is -0.149. The lowest BCUT2D eigenvalue weighted by molar-refractivity contribution is 0.0802. The number of hydrogen-bond donors (Lipinski definition) is 1. The Labute approximate surface area is 174 Å². The zero-order valence-corrected chi connectivity index (χ0v) is 17.6. The Morgan fingerprint density at radius 2 is 1.93 bits per heavy atom. The van der Waals surface area contributed by atoms with Crippen LogP contribution >= 0.6 is 0 Å². The van der Waals surface area contributed by atoms with Gasteiger partial charge in [-0.1, -0.05) is 24.3 Å². The largest absolute Gasteiger partial charge is 0.508 e. The molecule has 4 nitrogen and oxygen atoms in total. The molecule has 4 heteroatoms. The van der Waals surface area contributed by atoms with Crippen LogP contribution in [0.2, 0.25) is 0 Å². The summed E-state index contributed by atoms with van der Waals surface area (Å²) in [4.78, 5) is 16.9. The van der Waals surface area contributed by atoms with Crippen molar-refractivity contribution in [2.45, 2.75) is 38.0 Å². The van der Waals surface area contributed by atoms with E-state index in [1.165, 1.54) is 30.5 Å². The molecule has 1 unspecified atom stereocenters. The number of carbonyl (C=O) groups is 1. The van der Waals surface area contributed by atoms with Crippen molar-refractivity contribution < 1.29 is 9.90 Å². The highest BCUT2D eigenvalue weighted by Gasteiger charge is 2.40. The molecule has 1 atom stereocenters. The fraction of sp³-hybridized carbons (Fsp3) is 0.480. The molecule has 2 aromatic rings. The number of piperidine rings is 1. The minimum Gasteiger partial charge on any atom is -0.508 e. The van der Waals surface area contributed by atoms with Crippen LogP contribution in [0.1, 0.15) is 54.1 Å². The third-order valence-corrected chi connectivity index (χ3v) is 6.69. The summed E-state index contributed by atoms with van der Waals surface area (Å²) in [5, 5.41) is 10.2. The molecule has 1 aliphatic carbocycles. The van der Waals surface area contributed by atoms with Crippen molar-refractivity contribution in [3.05, 3.63) is 65.2 Å². The summed E-state index contributed by atoms with van der Waals surface area (Å²) in [6.45, 7) is 5.98. The van der Waals surface area contributed by atoms with Crippen LogP contribution in [0.4, 0.5) is 0 Å². The molecule has 2 aromatic carbocycles. The topological polar surface area (TPSA) is 43.8 Å². The zero-order valence-electron chi connectivity index (χ0n) is 17.6. The van der Waals surface area contributed by atoms with E-state index in [9.17, 15) is 9.90 Å². The number of amides is 1. The van der Waals surface area contributed by atoms with Crippen molar-refractivity contribution in [3.8, 4) is 5.75 Å². The molecular formula is C25H32N2O2. The van der Waals surface area contributed by atoms with E-state index in [0.29, 0.717) is 12.3 Å². The van der Waals surface area contributed by atoms with Gasteiger partial charge in [-0.25, -0.2) is 0 Å². The lowest BCUT2D eigenvalue weighted by Crippen LogP contribution is -2.47. The average molecular weight is 393 g/mol. The van der Waals surface area contributed by atoms with Crippen LogP contribution < -0.4 is 0 Å². The Kier molecular flexibility index (Phi) is 5.64. The van der Waals surface area contributed by atoms with E-state index in [1.54, 1.807) is 11.0 Å². The van der Waals surface area contributed by atoms with Gasteiger partial charge in [-0.05, 0) is 80.5 Å². The van der Waals surface area contributed by atoms with Gasteiger partial charge in [0.1, 0.15) is 5.75 Å². The van der Waals surface area contributed by atoms with Crippen LogP contribution in [-0.2, 0) is 5.41 Å². The maximum Gasteiger partial charge on any atom is 0.253 e. The van der Waals surface area contributed by atoms with Gasteiger partial charge in [-0.2, -0.15) is 0 Å². The first-order valence-electron chi connectivity index (χ1n) is 10.9. The average Bonchev–Trinajstić information content (AvgIpc) is 3.57. The molecular weight excluding hydrogens is 360 g/mol. The number of likely N-dealkylation sites (tertiary alicyclic amines) is 1. The minimum absolute atomic E-state index is 0.0597. The summed E-state index contributed by atoms with van der Waals surface area (Å²) in [6.07, 6.45) is 4.91. The lowest BCUT2D eigenvalue weighted by atomic mass is 9.69. The Morgan fingerprint density at radius 3 is 2.59 bits per heavy atom. The van der Waals surface area contributed by atoms with Crippen molar-refractivity contribution in [1.29, 1.82) is 0 Å². The normalized spacial score (nSPS) is 22.4. The van der Waals surface area contributed by atoms with Crippen LogP contribution in [-0.4, -0.2) is 54.0 Å². The van der Waals surface area contributed by atoms with Gasteiger partial charge < -0.3 is 14.9 Å². The van der Waals surface area contributed by atoms with E-state index in [2.05, 4.69) is 23.1 Å². The molecule has 1 amide bonds. The Bertz CT molecular complexity index is 859. The summed E-state index contributed by atoms with van der Waals surface area (Å²) >= 11 is 0. The van der Waals surface area contributed by atoms with E-state index >= 15 is 0 Å². The summed E-state index contributed by atoms with van der Waals surface area (Å²) < 4.78 is 0. The van der Waals surface area contributed by atoms with Gasteiger partial charge in [0.25, 0.3) is 5.91 Å². The van der Waals surface area contributed by atoms with Gasteiger partial charge >= 0.3 is 0 Å². The number of rotatable bonds is 6. The van der Waals surface area contributed by atoms with E-state index in [-0.39, 0.29) is 11.3 Å². The van der Waals surface area contributed by atoms with Crippen molar-refractivity contribution in [3.63, 3.8) is 0 Å². The molecule has 1 saturated heterocycles. The second-order valence-electron chi connectivity index (χ2n) is 8.81. The van der Waals surface area contributed by atoms with Crippen LogP contribution in [0.3, 0.4) is 0 Å². The lowest BCUT2D eigenvalue weighted by Gasteiger charge is -2.44. The molecule has 29 heavy (non-hydrogen) atoms. The van der Waals surface area contributed by atoms with Crippen molar-refractivity contribution >= 4 is 5.91 Å². The standard InChI is InChI=1S/C25H32N2O2/c1-3-26(2)24(29)20-10-12-21(13-11-20)25(22-6-4-7-23(28)16-22)14-5-15-27(18-25)17-19-8-9-19/h4,6-7,10-13,16,19,28H,3,5,8-9,14-15,17-18H2,1-2H3. The molecule has 2 fully saturated rings. The number of phenolic OH excluding ortho intramolecular Hbond substituents is 1. The number of phenols is 1. The summed E-state index contributed by atoms with van der Waals surface area (Å²) in [6, 6.07) is 15.9. The Balaban J connectivity index is 1.69. The highest BCUT2D eigenvalue weighted by molar-refractivity contribution is 5.94. The number of hydrogen-bond acceptors (Lipinski definition) is 3. The zero-order chi connectivity index (χ0) is 20.4. The van der Waals surface area contributed by atoms with Crippen LogP contribution in [0, 0.1) is 5.92 Å². The number of nitrogens with zero attached hydrogens (tertiary/aromatic N) is 2. The Morgan fingerprint density at radius 1 is 1.17 bits per heavy atom. The van der Waals surface area contributed by atoms with Gasteiger partial charge in [0.2, 0.25) is 0 Å². The fourth-order valence-corrected chi connectivity index (χ4v) is 4.70. The molecule has 2 aliphatic rings. The number of benzene rings is 2. The smallest absolute Gasteiger partial charge is 0.253 e. The molecule has 1 N–H and O–H groups in total. The van der Waals surface area contributed by atoms with Gasteiger partial charge in [-0.3, -0.25) is 4.79 Å². The van der Waals surface area contributed by atoms with Gasteiger partial charge in [-0.15, -0.1) is 0 Å². The summed E-state index contributed by atoms with van der Waals surface area (Å²) in [5.74, 6) is 1.24. The molecule has 0 bridgehead atoms. The molecule has 1 heterocycles.